The van der Waals surface area contributed by atoms with E-state index in [2.05, 4.69) is 32.9 Å². The lowest BCUT2D eigenvalue weighted by molar-refractivity contribution is -0.137. The van der Waals surface area contributed by atoms with E-state index in [9.17, 15) is 13.2 Å². The predicted molar refractivity (Wildman–Crippen MR) is 82.0 cm³/mol. The number of aliphatic imine (C=N–C) groups is 1. The van der Waals surface area contributed by atoms with Crippen molar-refractivity contribution in [1.29, 1.82) is 0 Å². The van der Waals surface area contributed by atoms with Crippen LogP contribution in [-0.2, 0) is 6.18 Å². The molecule has 0 aliphatic carbocycles. The van der Waals surface area contributed by atoms with Crippen molar-refractivity contribution in [3.05, 3.63) is 23.9 Å². The Morgan fingerprint density at radius 1 is 1.23 bits per heavy atom. The number of alkyl halides is 3. The Morgan fingerprint density at radius 3 is 2.59 bits per heavy atom. The zero-order chi connectivity index (χ0) is 16.4. The van der Waals surface area contributed by atoms with E-state index in [-0.39, 0.29) is 5.82 Å². The molecule has 1 aromatic rings. The van der Waals surface area contributed by atoms with Gasteiger partial charge in [-0.25, -0.2) is 4.98 Å². The van der Waals surface area contributed by atoms with Gasteiger partial charge in [0.25, 0.3) is 0 Å². The molecule has 124 valence electrons. The summed E-state index contributed by atoms with van der Waals surface area (Å²) in [4.78, 5) is 7.77. The van der Waals surface area contributed by atoms with E-state index >= 15 is 0 Å². The number of nitrogens with zero attached hydrogens (tertiary/aromatic N) is 2. The van der Waals surface area contributed by atoms with Gasteiger partial charge in [-0.05, 0) is 18.6 Å². The molecule has 22 heavy (non-hydrogen) atoms. The number of aromatic nitrogens is 1. The zero-order valence-corrected chi connectivity index (χ0v) is 12.8. The SMILES string of the molecule is CCCCNC(=NC)NCCNc1ncccc1C(F)(F)F. The minimum Gasteiger partial charge on any atom is -0.368 e. The van der Waals surface area contributed by atoms with Crippen LogP contribution in [0, 0.1) is 0 Å². The van der Waals surface area contributed by atoms with Crippen LogP contribution in [0.1, 0.15) is 25.3 Å². The minimum atomic E-state index is -4.41. The van der Waals surface area contributed by atoms with Gasteiger partial charge < -0.3 is 16.0 Å². The molecule has 0 bridgehead atoms. The van der Waals surface area contributed by atoms with Gasteiger partial charge in [-0.1, -0.05) is 13.3 Å². The third-order valence-electron chi connectivity index (χ3n) is 2.87. The maximum atomic E-state index is 12.8. The summed E-state index contributed by atoms with van der Waals surface area (Å²) in [5.74, 6) is 0.470. The van der Waals surface area contributed by atoms with Crippen LogP contribution < -0.4 is 16.0 Å². The molecule has 0 unspecified atom stereocenters. The highest BCUT2D eigenvalue weighted by Crippen LogP contribution is 2.33. The average molecular weight is 317 g/mol. The molecule has 0 saturated heterocycles. The molecule has 0 amide bonds. The van der Waals surface area contributed by atoms with Gasteiger partial charge in [-0.3, -0.25) is 4.99 Å². The molecule has 0 spiro atoms. The summed E-state index contributed by atoms with van der Waals surface area (Å²) in [6.07, 6.45) is -0.981. The fourth-order valence-corrected chi connectivity index (χ4v) is 1.74. The van der Waals surface area contributed by atoms with Gasteiger partial charge in [0.15, 0.2) is 5.96 Å². The molecular formula is C14H22F3N5. The highest BCUT2D eigenvalue weighted by atomic mass is 19.4. The van der Waals surface area contributed by atoms with E-state index in [0.717, 1.165) is 25.5 Å². The van der Waals surface area contributed by atoms with E-state index in [1.54, 1.807) is 7.05 Å². The highest BCUT2D eigenvalue weighted by molar-refractivity contribution is 5.79. The molecule has 1 heterocycles. The molecule has 1 rings (SSSR count). The van der Waals surface area contributed by atoms with Crippen molar-refractivity contribution < 1.29 is 13.2 Å². The third kappa shape index (κ3) is 6.19. The monoisotopic (exact) mass is 317 g/mol. The summed E-state index contributed by atoms with van der Waals surface area (Å²) in [7, 11) is 1.65. The van der Waals surface area contributed by atoms with Crippen molar-refractivity contribution >= 4 is 11.8 Å². The number of hydrogen-bond acceptors (Lipinski definition) is 3. The smallest absolute Gasteiger partial charge is 0.368 e. The minimum absolute atomic E-state index is 0.161. The molecule has 0 aromatic carbocycles. The summed E-state index contributed by atoms with van der Waals surface area (Å²) < 4.78 is 38.4. The molecule has 0 fully saturated rings. The van der Waals surface area contributed by atoms with E-state index in [0.29, 0.717) is 19.0 Å². The van der Waals surface area contributed by atoms with E-state index in [1.165, 1.54) is 12.3 Å². The van der Waals surface area contributed by atoms with Crippen LogP contribution in [0.15, 0.2) is 23.3 Å². The Labute approximate surface area is 128 Å². The van der Waals surface area contributed by atoms with Gasteiger partial charge >= 0.3 is 6.18 Å². The third-order valence-corrected chi connectivity index (χ3v) is 2.87. The van der Waals surface area contributed by atoms with Crippen molar-refractivity contribution in [2.75, 3.05) is 32.0 Å². The largest absolute Gasteiger partial charge is 0.419 e. The first-order valence-electron chi connectivity index (χ1n) is 7.19. The second-order valence-corrected chi connectivity index (χ2v) is 4.60. The van der Waals surface area contributed by atoms with E-state index < -0.39 is 11.7 Å². The molecule has 0 aliphatic rings. The lowest BCUT2D eigenvalue weighted by atomic mass is 10.2. The summed E-state index contributed by atoms with van der Waals surface area (Å²) >= 11 is 0. The summed E-state index contributed by atoms with van der Waals surface area (Å²) in [5, 5.41) is 8.83. The van der Waals surface area contributed by atoms with Crippen molar-refractivity contribution in [3.63, 3.8) is 0 Å². The standard InChI is InChI=1S/C14H22F3N5/c1-3-4-7-21-13(18-2)22-10-9-20-12-11(14(15,16)17)6-5-8-19-12/h5-6,8H,3-4,7,9-10H2,1-2H3,(H,19,20)(H2,18,21,22). The molecule has 5 nitrogen and oxygen atoms in total. The van der Waals surface area contributed by atoms with Crippen molar-refractivity contribution in [2.24, 2.45) is 4.99 Å². The van der Waals surface area contributed by atoms with Gasteiger partial charge in [0.2, 0.25) is 0 Å². The quantitative estimate of drug-likeness (QED) is 0.411. The fraction of sp³-hybridized carbons (Fsp3) is 0.571. The first kappa shape index (κ1) is 18.1. The number of nitrogens with one attached hydrogen (secondary N) is 3. The Kier molecular flexibility index (Phi) is 7.48. The average Bonchev–Trinajstić information content (AvgIpc) is 2.49. The van der Waals surface area contributed by atoms with E-state index in [1.807, 2.05) is 0 Å². The predicted octanol–water partition coefficient (Wildman–Crippen LogP) is 2.48. The first-order valence-corrected chi connectivity index (χ1v) is 7.19. The maximum absolute atomic E-state index is 12.8. The Morgan fingerprint density at radius 2 is 1.95 bits per heavy atom. The van der Waals surface area contributed by atoms with Gasteiger partial charge in [0.1, 0.15) is 5.82 Å². The summed E-state index contributed by atoms with van der Waals surface area (Å²) in [6, 6.07) is 2.28. The Balaban J connectivity index is 2.42. The fourth-order valence-electron chi connectivity index (χ4n) is 1.74. The number of pyridine rings is 1. The second kappa shape index (κ2) is 9.11. The zero-order valence-electron chi connectivity index (χ0n) is 12.8. The molecule has 0 atom stereocenters. The molecule has 8 heteroatoms. The molecule has 3 N–H and O–H groups in total. The Hall–Kier alpha value is -1.99. The number of halogens is 3. The number of rotatable bonds is 7. The van der Waals surface area contributed by atoms with Crippen LogP contribution >= 0.6 is 0 Å². The molecule has 1 aromatic heterocycles. The van der Waals surface area contributed by atoms with Gasteiger partial charge in [-0.15, -0.1) is 0 Å². The second-order valence-electron chi connectivity index (χ2n) is 4.60. The van der Waals surface area contributed by atoms with Crippen molar-refractivity contribution in [2.45, 2.75) is 25.9 Å². The van der Waals surface area contributed by atoms with Crippen LogP contribution in [0.25, 0.3) is 0 Å². The number of unbranched alkanes of at least 4 members (excludes halogenated alkanes) is 1. The van der Waals surface area contributed by atoms with Gasteiger partial charge in [-0.2, -0.15) is 13.2 Å². The van der Waals surface area contributed by atoms with Crippen LogP contribution in [-0.4, -0.2) is 37.6 Å². The van der Waals surface area contributed by atoms with Gasteiger partial charge in [0.05, 0.1) is 5.56 Å². The number of guanidine groups is 1. The number of anilines is 1. The van der Waals surface area contributed by atoms with Crippen LogP contribution in [0.4, 0.5) is 19.0 Å². The van der Waals surface area contributed by atoms with Crippen LogP contribution in [0.2, 0.25) is 0 Å². The Bertz CT molecular complexity index is 474. The maximum Gasteiger partial charge on any atom is 0.419 e. The van der Waals surface area contributed by atoms with Gasteiger partial charge in [0, 0.05) is 32.9 Å². The normalized spacial score (nSPS) is 12.1. The van der Waals surface area contributed by atoms with Crippen LogP contribution in [0.5, 0.6) is 0 Å². The lowest BCUT2D eigenvalue weighted by Gasteiger charge is -2.14. The molecule has 0 aliphatic heterocycles. The molecule has 0 saturated carbocycles. The van der Waals surface area contributed by atoms with Crippen molar-refractivity contribution in [1.82, 2.24) is 15.6 Å². The topological polar surface area (TPSA) is 61.3 Å². The first-order chi connectivity index (χ1) is 10.5. The summed E-state index contributed by atoms with van der Waals surface area (Å²) in [5.41, 5.74) is -0.763. The summed E-state index contributed by atoms with van der Waals surface area (Å²) in [6.45, 7) is 3.63. The highest BCUT2D eigenvalue weighted by Gasteiger charge is 2.33. The van der Waals surface area contributed by atoms with E-state index in [4.69, 9.17) is 0 Å². The lowest BCUT2D eigenvalue weighted by Crippen LogP contribution is -2.40. The molecule has 0 radical (unpaired) electrons. The molecular weight excluding hydrogens is 295 g/mol. The van der Waals surface area contributed by atoms with Crippen molar-refractivity contribution in [3.8, 4) is 0 Å². The number of hydrogen-bond donors (Lipinski definition) is 3. The van der Waals surface area contributed by atoms with Crippen LogP contribution in [0.3, 0.4) is 0 Å².